The minimum Gasteiger partial charge on any atom is -0.494 e. The highest BCUT2D eigenvalue weighted by Crippen LogP contribution is 2.24. The summed E-state index contributed by atoms with van der Waals surface area (Å²) in [5, 5.41) is 3.36. The van der Waals surface area contributed by atoms with Crippen LogP contribution in [0.25, 0.3) is 0 Å². The summed E-state index contributed by atoms with van der Waals surface area (Å²) < 4.78 is 23.9. The SMILES string of the molecule is COc1ccc(C(C)N[C@H](C)c2ccco2)cc1F. The first-order valence-electron chi connectivity index (χ1n) is 6.24. The van der Waals surface area contributed by atoms with E-state index in [9.17, 15) is 4.39 Å². The second-order valence-electron chi connectivity index (χ2n) is 4.52. The zero-order chi connectivity index (χ0) is 13.8. The van der Waals surface area contributed by atoms with Crippen molar-refractivity contribution in [3.8, 4) is 5.75 Å². The molecule has 1 N–H and O–H groups in total. The Morgan fingerprint density at radius 3 is 2.58 bits per heavy atom. The van der Waals surface area contributed by atoms with Crippen molar-refractivity contribution in [3.63, 3.8) is 0 Å². The van der Waals surface area contributed by atoms with Crippen LogP contribution in [0.4, 0.5) is 4.39 Å². The molecule has 0 saturated heterocycles. The second-order valence-corrected chi connectivity index (χ2v) is 4.52. The number of hydrogen-bond donors (Lipinski definition) is 1. The number of nitrogens with one attached hydrogen (secondary N) is 1. The van der Waals surface area contributed by atoms with Crippen LogP contribution in [0.15, 0.2) is 41.0 Å². The number of hydrogen-bond acceptors (Lipinski definition) is 3. The fourth-order valence-electron chi connectivity index (χ4n) is 2.04. The first kappa shape index (κ1) is 13.6. The predicted molar refractivity (Wildman–Crippen MR) is 71.6 cm³/mol. The number of rotatable bonds is 5. The molecule has 0 bridgehead atoms. The zero-order valence-electron chi connectivity index (χ0n) is 11.3. The van der Waals surface area contributed by atoms with Crippen LogP contribution in [-0.2, 0) is 0 Å². The molecule has 2 atom stereocenters. The van der Waals surface area contributed by atoms with Crippen molar-refractivity contribution in [3.05, 3.63) is 53.7 Å². The van der Waals surface area contributed by atoms with Crippen LogP contribution in [0.1, 0.15) is 37.3 Å². The highest BCUT2D eigenvalue weighted by molar-refractivity contribution is 5.30. The van der Waals surface area contributed by atoms with Gasteiger partial charge in [0.15, 0.2) is 11.6 Å². The smallest absolute Gasteiger partial charge is 0.165 e. The van der Waals surface area contributed by atoms with Crippen LogP contribution in [-0.4, -0.2) is 7.11 Å². The lowest BCUT2D eigenvalue weighted by molar-refractivity contribution is 0.383. The lowest BCUT2D eigenvalue weighted by atomic mass is 10.1. The van der Waals surface area contributed by atoms with E-state index in [0.717, 1.165) is 11.3 Å². The summed E-state index contributed by atoms with van der Waals surface area (Å²) in [7, 11) is 1.46. The quantitative estimate of drug-likeness (QED) is 0.890. The molecule has 0 aliphatic rings. The fraction of sp³-hybridized carbons (Fsp3) is 0.333. The molecule has 4 heteroatoms. The third kappa shape index (κ3) is 3.15. The molecule has 1 unspecified atom stereocenters. The minimum atomic E-state index is -0.348. The fourth-order valence-corrected chi connectivity index (χ4v) is 2.04. The first-order valence-corrected chi connectivity index (χ1v) is 6.24. The summed E-state index contributed by atoms with van der Waals surface area (Å²) in [5.74, 6) is 0.773. The standard InChI is InChI=1S/C15H18FNO2/c1-10(17-11(2)14-5-4-8-19-14)12-6-7-15(18-3)13(16)9-12/h4-11,17H,1-3H3/t10?,11-/m1/s1. The summed E-state index contributed by atoms with van der Waals surface area (Å²) in [5.41, 5.74) is 0.872. The molecule has 0 aliphatic carbocycles. The maximum absolute atomic E-state index is 13.7. The van der Waals surface area contributed by atoms with Gasteiger partial charge in [0.05, 0.1) is 19.4 Å². The molecule has 2 rings (SSSR count). The van der Waals surface area contributed by atoms with Crippen LogP contribution in [0, 0.1) is 5.82 Å². The Hall–Kier alpha value is -1.81. The summed E-state index contributed by atoms with van der Waals surface area (Å²) in [4.78, 5) is 0. The van der Waals surface area contributed by atoms with E-state index in [4.69, 9.17) is 9.15 Å². The summed E-state index contributed by atoms with van der Waals surface area (Å²) in [6, 6.07) is 8.83. The maximum atomic E-state index is 13.7. The second kappa shape index (κ2) is 5.89. The van der Waals surface area contributed by atoms with Gasteiger partial charge in [0, 0.05) is 6.04 Å². The average Bonchev–Trinajstić information content (AvgIpc) is 2.92. The Morgan fingerprint density at radius 1 is 1.21 bits per heavy atom. The monoisotopic (exact) mass is 263 g/mol. The van der Waals surface area contributed by atoms with E-state index in [0.29, 0.717) is 0 Å². The Balaban J connectivity index is 2.07. The van der Waals surface area contributed by atoms with Gasteiger partial charge in [-0.1, -0.05) is 6.07 Å². The molecular weight excluding hydrogens is 245 g/mol. The van der Waals surface area contributed by atoms with Crippen molar-refractivity contribution in [1.82, 2.24) is 5.32 Å². The minimum absolute atomic E-state index is 0.0144. The van der Waals surface area contributed by atoms with Crippen LogP contribution in [0.3, 0.4) is 0 Å². The van der Waals surface area contributed by atoms with Crippen molar-refractivity contribution in [1.29, 1.82) is 0 Å². The van der Waals surface area contributed by atoms with E-state index in [1.54, 1.807) is 12.3 Å². The highest BCUT2D eigenvalue weighted by Gasteiger charge is 2.14. The topological polar surface area (TPSA) is 34.4 Å². The van der Waals surface area contributed by atoms with E-state index in [2.05, 4.69) is 5.32 Å². The number of methoxy groups -OCH3 is 1. The molecule has 0 radical (unpaired) electrons. The molecule has 0 spiro atoms. The van der Waals surface area contributed by atoms with E-state index in [-0.39, 0.29) is 23.7 Å². The molecule has 3 nitrogen and oxygen atoms in total. The summed E-state index contributed by atoms with van der Waals surface area (Å²) in [6.07, 6.45) is 1.64. The molecule has 0 fully saturated rings. The van der Waals surface area contributed by atoms with Gasteiger partial charge in [-0.15, -0.1) is 0 Å². The average molecular weight is 263 g/mol. The molecule has 19 heavy (non-hydrogen) atoms. The first-order chi connectivity index (χ1) is 9.11. The van der Waals surface area contributed by atoms with Crippen molar-refractivity contribution >= 4 is 0 Å². The molecule has 1 aromatic carbocycles. The Labute approximate surface area is 112 Å². The molecule has 1 aromatic heterocycles. The molecular formula is C15H18FNO2. The summed E-state index contributed by atoms with van der Waals surface area (Å²) >= 11 is 0. The van der Waals surface area contributed by atoms with Gasteiger partial charge in [0.25, 0.3) is 0 Å². The lowest BCUT2D eigenvalue weighted by Gasteiger charge is -2.19. The van der Waals surface area contributed by atoms with E-state index in [1.165, 1.54) is 13.2 Å². The van der Waals surface area contributed by atoms with E-state index in [1.807, 2.05) is 32.0 Å². The third-order valence-electron chi connectivity index (χ3n) is 3.15. The van der Waals surface area contributed by atoms with Crippen molar-refractivity contribution in [2.24, 2.45) is 0 Å². The molecule has 0 aliphatic heterocycles. The summed E-state index contributed by atoms with van der Waals surface area (Å²) in [6.45, 7) is 4.00. The molecule has 0 saturated carbocycles. The molecule has 102 valence electrons. The Kier molecular flexibility index (Phi) is 4.22. The molecule has 1 heterocycles. The normalized spacial score (nSPS) is 14.1. The van der Waals surface area contributed by atoms with Gasteiger partial charge >= 0.3 is 0 Å². The van der Waals surface area contributed by atoms with E-state index < -0.39 is 0 Å². The van der Waals surface area contributed by atoms with Crippen LogP contribution in [0.5, 0.6) is 5.75 Å². The largest absolute Gasteiger partial charge is 0.494 e. The molecule has 0 amide bonds. The number of benzene rings is 1. The van der Waals surface area contributed by atoms with Crippen LogP contribution in [0.2, 0.25) is 0 Å². The van der Waals surface area contributed by atoms with Crippen LogP contribution >= 0.6 is 0 Å². The van der Waals surface area contributed by atoms with E-state index >= 15 is 0 Å². The van der Waals surface area contributed by atoms with Gasteiger partial charge in [-0.05, 0) is 43.7 Å². The van der Waals surface area contributed by atoms with Crippen molar-refractivity contribution in [2.75, 3.05) is 7.11 Å². The van der Waals surface area contributed by atoms with Crippen molar-refractivity contribution in [2.45, 2.75) is 25.9 Å². The van der Waals surface area contributed by atoms with Gasteiger partial charge in [-0.2, -0.15) is 0 Å². The number of halogens is 1. The van der Waals surface area contributed by atoms with Gasteiger partial charge in [-0.3, -0.25) is 0 Å². The van der Waals surface area contributed by atoms with Crippen LogP contribution < -0.4 is 10.1 Å². The number of furan rings is 1. The lowest BCUT2D eigenvalue weighted by Crippen LogP contribution is -2.22. The Morgan fingerprint density at radius 2 is 2.00 bits per heavy atom. The Bertz CT molecular complexity index is 525. The van der Waals surface area contributed by atoms with Gasteiger partial charge in [-0.25, -0.2) is 4.39 Å². The van der Waals surface area contributed by atoms with Gasteiger partial charge in [0.1, 0.15) is 5.76 Å². The third-order valence-corrected chi connectivity index (χ3v) is 3.15. The van der Waals surface area contributed by atoms with Gasteiger partial charge < -0.3 is 14.5 Å². The maximum Gasteiger partial charge on any atom is 0.165 e. The number of ether oxygens (including phenoxy) is 1. The van der Waals surface area contributed by atoms with Gasteiger partial charge in [0.2, 0.25) is 0 Å². The zero-order valence-corrected chi connectivity index (χ0v) is 11.3. The molecule has 2 aromatic rings. The predicted octanol–water partition coefficient (Wildman–Crippen LogP) is 3.84. The highest BCUT2D eigenvalue weighted by atomic mass is 19.1. The van der Waals surface area contributed by atoms with Crippen molar-refractivity contribution < 1.29 is 13.5 Å².